The van der Waals surface area contributed by atoms with Gasteiger partial charge in [0.1, 0.15) is 11.6 Å². The first-order chi connectivity index (χ1) is 9.33. The lowest BCUT2D eigenvalue weighted by Crippen LogP contribution is -2.17. The molecule has 0 saturated heterocycles. The second kappa shape index (κ2) is 5.53. The number of hydrogen-bond donors (Lipinski definition) is 2. The maximum Gasteiger partial charge on any atom is 0.573 e. The van der Waals surface area contributed by atoms with Gasteiger partial charge in [0.25, 0.3) is 0 Å². The van der Waals surface area contributed by atoms with Crippen LogP contribution in [0.15, 0.2) is 34.8 Å². The first kappa shape index (κ1) is 14.4. The number of nitrogens with two attached hydrogens (primary N) is 1. The minimum Gasteiger partial charge on any atom is -0.405 e. The highest BCUT2D eigenvalue weighted by atomic mass is 79.9. The molecule has 1 aromatic heterocycles. The standard InChI is InChI=1S/C11H8BrF3N4O/c12-7-5-6(1-2-8(7)20-11(13,14)15)17-10-4-3-9(16)18-19-10/h1-5H,(H2,16,18)(H,17,19). The van der Waals surface area contributed by atoms with E-state index in [9.17, 15) is 13.2 Å². The average Bonchev–Trinajstić information content (AvgIpc) is 2.34. The van der Waals surface area contributed by atoms with Crippen LogP contribution < -0.4 is 15.8 Å². The number of benzene rings is 1. The first-order valence-corrected chi connectivity index (χ1v) is 6.04. The number of hydrogen-bond acceptors (Lipinski definition) is 5. The Balaban J connectivity index is 2.14. The summed E-state index contributed by atoms with van der Waals surface area (Å²) in [4.78, 5) is 0. The SMILES string of the molecule is Nc1ccc(Nc2ccc(OC(F)(F)F)c(Br)c2)nn1. The van der Waals surface area contributed by atoms with Crippen LogP contribution in [0, 0.1) is 0 Å². The number of rotatable bonds is 3. The van der Waals surface area contributed by atoms with Gasteiger partial charge < -0.3 is 15.8 Å². The summed E-state index contributed by atoms with van der Waals surface area (Å²) in [5, 5.41) is 10.3. The molecule has 5 nitrogen and oxygen atoms in total. The number of anilines is 3. The molecule has 0 saturated carbocycles. The molecule has 1 aromatic carbocycles. The number of nitrogen functional groups attached to an aromatic ring is 1. The number of nitrogens with zero attached hydrogens (tertiary/aromatic N) is 2. The van der Waals surface area contributed by atoms with Crippen molar-refractivity contribution in [1.82, 2.24) is 10.2 Å². The molecular formula is C11H8BrF3N4O. The summed E-state index contributed by atoms with van der Waals surface area (Å²) in [5.74, 6) is 0.354. The van der Waals surface area contributed by atoms with E-state index in [-0.39, 0.29) is 16.0 Å². The van der Waals surface area contributed by atoms with Gasteiger partial charge in [-0.25, -0.2) is 0 Å². The zero-order valence-electron chi connectivity index (χ0n) is 9.78. The van der Waals surface area contributed by atoms with Crippen molar-refractivity contribution >= 4 is 33.3 Å². The van der Waals surface area contributed by atoms with Gasteiger partial charge in [0.15, 0.2) is 5.82 Å². The van der Waals surface area contributed by atoms with Crippen LogP contribution in [-0.2, 0) is 0 Å². The summed E-state index contributed by atoms with van der Waals surface area (Å²) in [5.41, 5.74) is 5.91. The number of nitrogens with one attached hydrogen (secondary N) is 1. The van der Waals surface area contributed by atoms with E-state index in [1.165, 1.54) is 18.2 Å². The number of ether oxygens (including phenoxy) is 1. The van der Waals surface area contributed by atoms with E-state index < -0.39 is 6.36 Å². The van der Waals surface area contributed by atoms with Gasteiger partial charge in [-0.05, 0) is 46.3 Å². The van der Waals surface area contributed by atoms with Crippen LogP contribution in [0.2, 0.25) is 0 Å². The van der Waals surface area contributed by atoms with Crippen molar-refractivity contribution in [3.63, 3.8) is 0 Å². The molecule has 0 bridgehead atoms. The molecule has 0 aliphatic heterocycles. The smallest absolute Gasteiger partial charge is 0.405 e. The summed E-state index contributed by atoms with van der Waals surface area (Å²) in [6, 6.07) is 7.18. The highest BCUT2D eigenvalue weighted by Gasteiger charge is 2.31. The average molecular weight is 349 g/mol. The van der Waals surface area contributed by atoms with Crippen LogP contribution in [0.4, 0.5) is 30.5 Å². The predicted molar refractivity (Wildman–Crippen MR) is 70.6 cm³/mol. The first-order valence-electron chi connectivity index (χ1n) is 5.25. The van der Waals surface area contributed by atoms with Gasteiger partial charge in [0.2, 0.25) is 0 Å². The summed E-state index contributed by atoms with van der Waals surface area (Å²) in [6.45, 7) is 0. The van der Waals surface area contributed by atoms with Crippen LogP contribution in [0.25, 0.3) is 0 Å². The number of aromatic nitrogens is 2. The Morgan fingerprint density at radius 1 is 1.15 bits per heavy atom. The maximum atomic E-state index is 12.1. The van der Waals surface area contributed by atoms with Crippen molar-refractivity contribution < 1.29 is 17.9 Å². The summed E-state index contributed by atoms with van der Waals surface area (Å²) >= 11 is 3.00. The molecule has 0 amide bonds. The monoisotopic (exact) mass is 348 g/mol. The second-order valence-corrected chi connectivity index (χ2v) is 4.52. The van der Waals surface area contributed by atoms with Gasteiger partial charge in [-0.15, -0.1) is 23.4 Å². The van der Waals surface area contributed by atoms with Gasteiger partial charge in [0, 0.05) is 5.69 Å². The van der Waals surface area contributed by atoms with Crippen molar-refractivity contribution in [2.45, 2.75) is 6.36 Å². The van der Waals surface area contributed by atoms with E-state index in [2.05, 4.69) is 36.2 Å². The fraction of sp³-hybridized carbons (Fsp3) is 0.0909. The highest BCUT2D eigenvalue weighted by Crippen LogP contribution is 2.33. The molecule has 0 aliphatic rings. The van der Waals surface area contributed by atoms with Crippen LogP contribution >= 0.6 is 15.9 Å². The van der Waals surface area contributed by atoms with Crippen LogP contribution in [0.5, 0.6) is 5.75 Å². The van der Waals surface area contributed by atoms with E-state index >= 15 is 0 Å². The molecule has 0 unspecified atom stereocenters. The van der Waals surface area contributed by atoms with E-state index in [4.69, 9.17) is 5.73 Å². The van der Waals surface area contributed by atoms with Gasteiger partial charge in [0.05, 0.1) is 4.47 Å². The second-order valence-electron chi connectivity index (χ2n) is 3.66. The number of alkyl halides is 3. The third-order valence-electron chi connectivity index (χ3n) is 2.12. The Kier molecular flexibility index (Phi) is 3.98. The molecule has 0 fully saturated rings. The van der Waals surface area contributed by atoms with Crippen LogP contribution in [0.3, 0.4) is 0 Å². The van der Waals surface area contributed by atoms with E-state index in [0.717, 1.165) is 0 Å². The van der Waals surface area contributed by atoms with Crippen molar-refractivity contribution in [1.29, 1.82) is 0 Å². The quantitative estimate of drug-likeness (QED) is 0.888. The molecule has 0 radical (unpaired) electrons. The van der Waals surface area contributed by atoms with Crippen LogP contribution in [0.1, 0.15) is 0 Å². The molecule has 9 heteroatoms. The Hall–Kier alpha value is -2.03. The van der Waals surface area contributed by atoms with Crippen molar-refractivity contribution in [2.24, 2.45) is 0 Å². The van der Waals surface area contributed by atoms with Crippen molar-refractivity contribution in [2.75, 3.05) is 11.1 Å². The summed E-state index contributed by atoms with van der Waals surface area (Å²) < 4.78 is 40.3. The molecule has 2 rings (SSSR count). The molecule has 3 N–H and O–H groups in total. The largest absolute Gasteiger partial charge is 0.573 e. The third kappa shape index (κ3) is 3.98. The third-order valence-corrected chi connectivity index (χ3v) is 2.73. The Bertz CT molecular complexity index is 604. The molecule has 0 atom stereocenters. The van der Waals surface area contributed by atoms with Gasteiger partial charge in [-0.1, -0.05) is 0 Å². The van der Waals surface area contributed by atoms with Crippen molar-refractivity contribution in [3.8, 4) is 5.75 Å². The molecule has 1 heterocycles. The fourth-order valence-corrected chi connectivity index (χ4v) is 1.80. The highest BCUT2D eigenvalue weighted by molar-refractivity contribution is 9.10. The summed E-state index contributed by atoms with van der Waals surface area (Å²) in [7, 11) is 0. The van der Waals surface area contributed by atoms with E-state index in [0.29, 0.717) is 11.5 Å². The minimum atomic E-state index is -4.74. The molecule has 0 spiro atoms. The molecule has 2 aromatic rings. The molecule has 106 valence electrons. The predicted octanol–water partition coefficient (Wildman–Crippen LogP) is 3.46. The summed E-state index contributed by atoms with van der Waals surface area (Å²) in [6.07, 6.45) is -4.74. The Labute approximate surface area is 120 Å². The van der Waals surface area contributed by atoms with E-state index in [1.807, 2.05) is 0 Å². The van der Waals surface area contributed by atoms with Gasteiger partial charge in [-0.3, -0.25) is 0 Å². The van der Waals surface area contributed by atoms with Gasteiger partial charge >= 0.3 is 6.36 Å². The zero-order chi connectivity index (χ0) is 14.8. The number of halogens is 4. The van der Waals surface area contributed by atoms with Crippen molar-refractivity contribution in [3.05, 3.63) is 34.8 Å². The molecule has 20 heavy (non-hydrogen) atoms. The molecular weight excluding hydrogens is 341 g/mol. The lowest BCUT2D eigenvalue weighted by atomic mass is 10.3. The molecule has 0 aliphatic carbocycles. The normalized spacial score (nSPS) is 11.2. The lowest BCUT2D eigenvalue weighted by Gasteiger charge is -2.12. The zero-order valence-corrected chi connectivity index (χ0v) is 11.4. The topological polar surface area (TPSA) is 73.1 Å². The van der Waals surface area contributed by atoms with E-state index in [1.54, 1.807) is 12.1 Å². The Morgan fingerprint density at radius 2 is 1.90 bits per heavy atom. The lowest BCUT2D eigenvalue weighted by molar-refractivity contribution is -0.274. The van der Waals surface area contributed by atoms with Crippen LogP contribution in [-0.4, -0.2) is 16.6 Å². The maximum absolute atomic E-state index is 12.1. The minimum absolute atomic E-state index is 0.156. The Morgan fingerprint density at radius 3 is 2.45 bits per heavy atom. The van der Waals surface area contributed by atoms with Gasteiger partial charge in [-0.2, -0.15) is 0 Å². The fourth-order valence-electron chi connectivity index (χ4n) is 1.34.